The molecule has 1 atom stereocenters. The predicted octanol–water partition coefficient (Wildman–Crippen LogP) is -1.09. The number of urea groups is 1. The van der Waals surface area contributed by atoms with Gasteiger partial charge in [-0.05, 0) is 18.8 Å². The van der Waals surface area contributed by atoms with E-state index in [2.05, 4.69) is 16.0 Å². The molecule has 1 saturated heterocycles. The molecule has 0 saturated carbocycles. The van der Waals surface area contributed by atoms with Crippen molar-refractivity contribution in [1.29, 1.82) is 0 Å². The van der Waals surface area contributed by atoms with Crippen LogP contribution in [-0.4, -0.2) is 55.9 Å². The van der Waals surface area contributed by atoms with Crippen molar-refractivity contribution in [2.75, 3.05) is 32.8 Å². The molecule has 1 fully saturated rings. The minimum atomic E-state index is -1.13. The van der Waals surface area contributed by atoms with Crippen LogP contribution in [0.25, 0.3) is 0 Å². The topological polar surface area (TPSA) is 117 Å². The quantitative estimate of drug-likeness (QED) is 0.470. The van der Waals surface area contributed by atoms with Crippen LogP contribution in [-0.2, 0) is 14.3 Å². The zero-order chi connectivity index (χ0) is 14.1. The molecule has 0 aromatic rings. The van der Waals surface area contributed by atoms with Crippen LogP contribution in [0.3, 0.4) is 0 Å². The summed E-state index contributed by atoms with van der Waals surface area (Å²) in [5, 5.41) is 15.4. The second-order valence-electron chi connectivity index (χ2n) is 4.30. The normalized spacial score (nSPS) is 17.8. The zero-order valence-electron chi connectivity index (χ0n) is 10.6. The maximum absolute atomic E-state index is 11.3. The molecule has 0 bridgehead atoms. The van der Waals surface area contributed by atoms with Gasteiger partial charge in [-0.2, -0.15) is 0 Å². The van der Waals surface area contributed by atoms with Crippen LogP contribution in [0.1, 0.15) is 12.8 Å². The molecule has 108 valence electrons. The van der Waals surface area contributed by atoms with E-state index in [0.29, 0.717) is 12.5 Å². The average molecular weight is 273 g/mol. The number of carbonyl (C=O) groups is 3. The number of carbonyl (C=O) groups excluding carboxylic acids is 2. The standard InChI is InChI=1S/C11H19N3O5/c15-9(13-6-10(16)17)5-14-11(18)12-3-1-8-2-4-19-7-8/h8H,1-7H2,(H,13,15)(H,16,17)(H2,12,14,18). The molecule has 4 N–H and O–H groups in total. The second kappa shape index (κ2) is 8.30. The first-order chi connectivity index (χ1) is 9.08. The van der Waals surface area contributed by atoms with Crippen molar-refractivity contribution in [2.24, 2.45) is 5.92 Å². The lowest BCUT2D eigenvalue weighted by Gasteiger charge is -2.09. The summed E-state index contributed by atoms with van der Waals surface area (Å²) in [5.41, 5.74) is 0. The molecule has 19 heavy (non-hydrogen) atoms. The zero-order valence-corrected chi connectivity index (χ0v) is 10.6. The Morgan fingerprint density at radius 3 is 2.58 bits per heavy atom. The number of rotatable bonds is 7. The number of hydrogen-bond acceptors (Lipinski definition) is 4. The predicted molar refractivity (Wildman–Crippen MR) is 65.6 cm³/mol. The van der Waals surface area contributed by atoms with E-state index < -0.39 is 24.5 Å². The minimum Gasteiger partial charge on any atom is -0.480 e. The monoisotopic (exact) mass is 273 g/mol. The van der Waals surface area contributed by atoms with E-state index in [9.17, 15) is 14.4 Å². The third-order valence-corrected chi connectivity index (χ3v) is 2.71. The number of amides is 3. The summed E-state index contributed by atoms with van der Waals surface area (Å²) < 4.78 is 5.21. The van der Waals surface area contributed by atoms with Gasteiger partial charge in [0, 0.05) is 19.8 Å². The number of carboxylic acid groups (broad SMARTS) is 1. The third-order valence-electron chi connectivity index (χ3n) is 2.71. The Balaban J connectivity index is 2.00. The maximum Gasteiger partial charge on any atom is 0.322 e. The van der Waals surface area contributed by atoms with Gasteiger partial charge >= 0.3 is 12.0 Å². The highest BCUT2D eigenvalue weighted by Gasteiger charge is 2.15. The van der Waals surface area contributed by atoms with Crippen LogP contribution in [0.4, 0.5) is 4.79 Å². The van der Waals surface area contributed by atoms with Crippen LogP contribution < -0.4 is 16.0 Å². The van der Waals surface area contributed by atoms with Crippen LogP contribution in [0.15, 0.2) is 0 Å². The van der Waals surface area contributed by atoms with Gasteiger partial charge in [-0.15, -0.1) is 0 Å². The lowest BCUT2D eigenvalue weighted by Crippen LogP contribution is -2.43. The summed E-state index contributed by atoms with van der Waals surface area (Å²) in [6, 6.07) is -0.440. The molecule has 0 aromatic heterocycles. The molecule has 1 aliphatic rings. The van der Waals surface area contributed by atoms with Crippen molar-refractivity contribution < 1.29 is 24.2 Å². The van der Waals surface area contributed by atoms with Crippen molar-refractivity contribution in [3.8, 4) is 0 Å². The summed E-state index contributed by atoms with van der Waals surface area (Å²) in [5.74, 6) is -1.18. The fraction of sp³-hybridized carbons (Fsp3) is 0.727. The summed E-state index contributed by atoms with van der Waals surface area (Å²) in [4.78, 5) is 32.6. The molecular formula is C11H19N3O5. The molecule has 1 unspecified atom stereocenters. The lowest BCUT2D eigenvalue weighted by atomic mass is 10.1. The number of aliphatic carboxylic acids is 1. The Kier molecular flexibility index (Phi) is 6.65. The molecule has 0 radical (unpaired) electrons. The van der Waals surface area contributed by atoms with Crippen molar-refractivity contribution in [3.05, 3.63) is 0 Å². The largest absolute Gasteiger partial charge is 0.480 e. The molecule has 1 aliphatic heterocycles. The highest BCUT2D eigenvalue weighted by molar-refractivity contribution is 5.86. The molecular weight excluding hydrogens is 254 g/mol. The van der Waals surface area contributed by atoms with Gasteiger partial charge in [0.25, 0.3) is 0 Å². The van der Waals surface area contributed by atoms with Crippen LogP contribution >= 0.6 is 0 Å². The number of hydrogen-bond donors (Lipinski definition) is 4. The highest BCUT2D eigenvalue weighted by atomic mass is 16.5. The van der Waals surface area contributed by atoms with Gasteiger partial charge in [-0.25, -0.2) is 4.79 Å². The van der Waals surface area contributed by atoms with Crippen LogP contribution in [0, 0.1) is 5.92 Å². The first-order valence-electron chi connectivity index (χ1n) is 6.16. The molecule has 3 amide bonds. The fourth-order valence-corrected chi connectivity index (χ4v) is 1.66. The van der Waals surface area contributed by atoms with Gasteiger partial charge in [-0.3, -0.25) is 9.59 Å². The van der Waals surface area contributed by atoms with E-state index >= 15 is 0 Å². The van der Waals surface area contributed by atoms with Gasteiger partial charge < -0.3 is 25.8 Å². The average Bonchev–Trinajstić information content (AvgIpc) is 2.87. The van der Waals surface area contributed by atoms with E-state index in [0.717, 1.165) is 26.1 Å². The molecule has 0 aliphatic carbocycles. The first-order valence-corrected chi connectivity index (χ1v) is 6.16. The Hall–Kier alpha value is -1.83. The molecule has 8 heteroatoms. The third kappa shape index (κ3) is 7.24. The minimum absolute atomic E-state index is 0.244. The highest BCUT2D eigenvalue weighted by Crippen LogP contribution is 2.14. The molecule has 0 spiro atoms. The van der Waals surface area contributed by atoms with E-state index in [4.69, 9.17) is 9.84 Å². The van der Waals surface area contributed by atoms with Gasteiger partial charge in [0.2, 0.25) is 5.91 Å². The SMILES string of the molecule is O=C(O)CNC(=O)CNC(=O)NCCC1CCOC1. The smallest absolute Gasteiger partial charge is 0.322 e. The molecule has 1 heterocycles. The fourth-order valence-electron chi connectivity index (χ4n) is 1.66. The Morgan fingerprint density at radius 1 is 1.16 bits per heavy atom. The van der Waals surface area contributed by atoms with Crippen molar-refractivity contribution in [2.45, 2.75) is 12.8 Å². The van der Waals surface area contributed by atoms with Gasteiger partial charge in [-0.1, -0.05) is 0 Å². The Bertz CT molecular complexity index is 328. The van der Waals surface area contributed by atoms with E-state index in [-0.39, 0.29) is 6.54 Å². The second-order valence-corrected chi connectivity index (χ2v) is 4.30. The molecule has 8 nitrogen and oxygen atoms in total. The Morgan fingerprint density at radius 2 is 1.95 bits per heavy atom. The summed E-state index contributed by atoms with van der Waals surface area (Å²) in [7, 11) is 0. The number of ether oxygens (including phenoxy) is 1. The first kappa shape index (κ1) is 15.2. The van der Waals surface area contributed by atoms with Crippen LogP contribution in [0.2, 0.25) is 0 Å². The lowest BCUT2D eigenvalue weighted by molar-refractivity contribution is -0.137. The van der Waals surface area contributed by atoms with Crippen molar-refractivity contribution >= 4 is 17.9 Å². The van der Waals surface area contributed by atoms with Crippen molar-refractivity contribution in [1.82, 2.24) is 16.0 Å². The van der Waals surface area contributed by atoms with E-state index in [1.54, 1.807) is 0 Å². The van der Waals surface area contributed by atoms with E-state index in [1.165, 1.54) is 0 Å². The summed E-state index contributed by atoms with van der Waals surface area (Å²) in [6.45, 7) is 1.34. The summed E-state index contributed by atoms with van der Waals surface area (Å²) in [6.07, 6.45) is 1.86. The molecule has 0 aromatic carbocycles. The van der Waals surface area contributed by atoms with Gasteiger partial charge in [0.05, 0.1) is 6.54 Å². The number of nitrogens with one attached hydrogen (secondary N) is 3. The maximum atomic E-state index is 11.3. The van der Waals surface area contributed by atoms with Crippen molar-refractivity contribution in [3.63, 3.8) is 0 Å². The molecule has 1 rings (SSSR count). The van der Waals surface area contributed by atoms with Gasteiger partial charge in [0.1, 0.15) is 6.54 Å². The van der Waals surface area contributed by atoms with Gasteiger partial charge in [0.15, 0.2) is 0 Å². The summed E-state index contributed by atoms with van der Waals surface area (Å²) >= 11 is 0. The van der Waals surface area contributed by atoms with Crippen LogP contribution in [0.5, 0.6) is 0 Å². The van der Waals surface area contributed by atoms with E-state index in [1.807, 2.05) is 0 Å². The Labute approximate surface area is 110 Å². The number of carboxylic acids is 1.